The molecule has 0 amide bonds. The van der Waals surface area contributed by atoms with Crippen LogP contribution in [-0.4, -0.2) is 37.8 Å². The second-order valence-electron chi connectivity index (χ2n) is 6.71. The van der Waals surface area contributed by atoms with Crippen molar-refractivity contribution in [3.63, 3.8) is 0 Å². The molecular formula is C18H24O6S. The van der Waals surface area contributed by atoms with Crippen molar-refractivity contribution in [1.29, 1.82) is 0 Å². The third-order valence-corrected chi connectivity index (χ3v) is 6.41. The molecule has 1 aromatic rings. The average molecular weight is 368 g/mol. The lowest BCUT2D eigenvalue weighted by atomic mass is 9.86. The number of carbonyl (C=O) groups excluding carboxylic acids is 2. The number of benzene rings is 1. The molecule has 0 saturated carbocycles. The zero-order chi connectivity index (χ0) is 18.7. The van der Waals surface area contributed by atoms with Gasteiger partial charge >= 0.3 is 5.97 Å². The van der Waals surface area contributed by atoms with Crippen molar-refractivity contribution in [2.24, 2.45) is 5.92 Å². The molecule has 0 spiro atoms. The number of carbonyl (C=O) groups is 2. The highest BCUT2D eigenvalue weighted by molar-refractivity contribution is 7.91. The zero-order valence-electron chi connectivity index (χ0n) is 14.7. The summed E-state index contributed by atoms with van der Waals surface area (Å²) in [6, 6.07) is 8.17. The molecule has 138 valence electrons. The lowest BCUT2D eigenvalue weighted by molar-refractivity contribution is -0.181. The van der Waals surface area contributed by atoms with Crippen molar-refractivity contribution in [1.82, 2.24) is 0 Å². The smallest absolute Gasteiger partial charge is 0.304 e. The van der Waals surface area contributed by atoms with Crippen molar-refractivity contribution < 1.29 is 27.5 Å². The lowest BCUT2D eigenvalue weighted by Crippen LogP contribution is -2.40. The molecule has 1 unspecified atom stereocenters. The highest BCUT2D eigenvalue weighted by atomic mass is 32.2. The first kappa shape index (κ1) is 19.6. The van der Waals surface area contributed by atoms with Gasteiger partial charge in [0.2, 0.25) is 6.29 Å². The van der Waals surface area contributed by atoms with E-state index in [9.17, 15) is 18.0 Å². The first-order valence-electron chi connectivity index (χ1n) is 8.25. The van der Waals surface area contributed by atoms with E-state index in [0.29, 0.717) is 19.3 Å². The molecule has 0 bridgehead atoms. The van der Waals surface area contributed by atoms with Crippen LogP contribution >= 0.6 is 0 Å². The van der Waals surface area contributed by atoms with Gasteiger partial charge in [0.05, 0.1) is 16.2 Å². The van der Waals surface area contributed by atoms with Crippen molar-refractivity contribution in [2.75, 3.05) is 5.75 Å². The highest BCUT2D eigenvalue weighted by Crippen LogP contribution is 2.41. The topological polar surface area (TPSA) is 86.7 Å². The number of esters is 1. The number of ether oxygens (including phenoxy) is 2. The van der Waals surface area contributed by atoms with Crippen LogP contribution in [-0.2, 0) is 28.9 Å². The van der Waals surface area contributed by atoms with Crippen LogP contribution in [0.5, 0.6) is 0 Å². The summed E-state index contributed by atoms with van der Waals surface area (Å²) in [4.78, 5) is 22.8. The summed E-state index contributed by atoms with van der Waals surface area (Å²) in [5.74, 6) is -0.876. The molecule has 0 radical (unpaired) electrons. The fourth-order valence-corrected chi connectivity index (χ4v) is 5.02. The zero-order valence-corrected chi connectivity index (χ0v) is 15.5. The maximum atomic E-state index is 12.8. The van der Waals surface area contributed by atoms with E-state index in [-0.39, 0.29) is 22.3 Å². The Kier molecular flexibility index (Phi) is 6.00. The Hall–Kier alpha value is -1.73. The van der Waals surface area contributed by atoms with Gasteiger partial charge in [-0.2, -0.15) is 0 Å². The summed E-state index contributed by atoms with van der Waals surface area (Å²) in [6.07, 6.45) is 0.425. The largest absolute Gasteiger partial charge is 0.436 e. The fraction of sp³-hybridized carbons (Fsp3) is 0.556. The van der Waals surface area contributed by atoms with Gasteiger partial charge in [0.15, 0.2) is 9.84 Å². The Labute approximate surface area is 148 Å². The first-order valence-corrected chi connectivity index (χ1v) is 9.90. The van der Waals surface area contributed by atoms with Gasteiger partial charge < -0.3 is 14.3 Å². The minimum atomic E-state index is -3.58. The number of Topliss-reactive ketones (excluding diaryl/α,β-unsaturated/α-hetero) is 1. The van der Waals surface area contributed by atoms with Crippen LogP contribution < -0.4 is 0 Å². The van der Waals surface area contributed by atoms with Crippen LogP contribution in [0.3, 0.4) is 0 Å². The van der Waals surface area contributed by atoms with E-state index in [1.807, 2.05) is 0 Å². The lowest BCUT2D eigenvalue weighted by Gasteiger charge is -2.30. The van der Waals surface area contributed by atoms with Gasteiger partial charge in [0, 0.05) is 19.8 Å². The van der Waals surface area contributed by atoms with Gasteiger partial charge in [-0.3, -0.25) is 4.79 Å². The van der Waals surface area contributed by atoms with E-state index in [1.54, 1.807) is 37.3 Å². The third kappa shape index (κ3) is 5.12. The number of hydrogen-bond donors (Lipinski definition) is 0. The summed E-state index contributed by atoms with van der Waals surface area (Å²) in [5, 5.41) is 0. The van der Waals surface area contributed by atoms with E-state index in [1.165, 1.54) is 13.8 Å². The Bertz CT molecular complexity index is 727. The van der Waals surface area contributed by atoms with Crippen molar-refractivity contribution in [3.05, 3.63) is 30.3 Å². The van der Waals surface area contributed by atoms with Gasteiger partial charge in [-0.1, -0.05) is 18.2 Å². The van der Waals surface area contributed by atoms with Crippen LogP contribution in [0.2, 0.25) is 0 Å². The predicted octanol–water partition coefficient (Wildman–Crippen LogP) is 2.51. The number of hydrogen-bond acceptors (Lipinski definition) is 6. The SMILES string of the molecule is CC(=O)CC[C@@H]1CC(OC(C)=O)O[C@@]1(C)CS(=O)(=O)c1ccccc1. The normalized spacial score (nSPS) is 26.4. The quantitative estimate of drug-likeness (QED) is 0.687. The minimum absolute atomic E-state index is 0.0317. The average Bonchev–Trinajstić information content (AvgIpc) is 2.79. The van der Waals surface area contributed by atoms with E-state index in [0.717, 1.165) is 0 Å². The van der Waals surface area contributed by atoms with Gasteiger partial charge in [0.1, 0.15) is 5.78 Å². The third-order valence-electron chi connectivity index (χ3n) is 4.46. The van der Waals surface area contributed by atoms with E-state index in [4.69, 9.17) is 9.47 Å². The molecule has 6 nitrogen and oxygen atoms in total. The Morgan fingerprint density at radius 1 is 1.24 bits per heavy atom. The first-order chi connectivity index (χ1) is 11.6. The van der Waals surface area contributed by atoms with E-state index in [2.05, 4.69) is 0 Å². The second kappa shape index (κ2) is 7.66. The van der Waals surface area contributed by atoms with E-state index < -0.39 is 27.7 Å². The summed E-state index contributed by atoms with van der Waals surface area (Å²) in [7, 11) is -3.58. The summed E-state index contributed by atoms with van der Waals surface area (Å²) < 4.78 is 36.5. The molecule has 1 aliphatic heterocycles. The van der Waals surface area contributed by atoms with Gasteiger partial charge in [-0.05, 0) is 38.3 Å². The molecule has 1 fully saturated rings. The summed E-state index contributed by atoms with van der Waals surface area (Å²) >= 11 is 0. The molecule has 1 heterocycles. The Morgan fingerprint density at radius 3 is 2.44 bits per heavy atom. The number of ketones is 1. The van der Waals surface area contributed by atoms with Gasteiger partial charge in [0.25, 0.3) is 0 Å². The second-order valence-corrected chi connectivity index (χ2v) is 8.70. The highest BCUT2D eigenvalue weighted by Gasteiger charge is 2.48. The molecule has 0 aliphatic carbocycles. The van der Waals surface area contributed by atoms with E-state index >= 15 is 0 Å². The molecule has 0 aromatic heterocycles. The van der Waals surface area contributed by atoms with Gasteiger partial charge in [-0.25, -0.2) is 8.42 Å². The Balaban J connectivity index is 2.23. The molecule has 3 atom stereocenters. The van der Waals surface area contributed by atoms with Gasteiger partial charge in [-0.15, -0.1) is 0 Å². The monoisotopic (exact) mass is 368 g/mol. The van der Waals surface area contributed by atoms with Crippen molar-refractivity contribution >= 4 is 21.6 Å². The summed E-state index contributed by atoms with van der Waals surface area (Å²) in [5.41, 5.74) is -1.02. The maximum Gasteiger partial charge on any atom is 0.304 e. The number of sulfone groups is 1. The molecule has 0 N–H and O–H groups in total. The molecule has 1 saturated heterocycles. The molecular weight excluding hydrogens is 344 g/mol. The maximum absolute atomic E-state index is 12.8. The van der Waals surface area contributed by atoms with Crippen LogP contribution in [0.25, 0.3) is 0 Å². The molecule has 1 aromatic carbocycles. The molecule has 25 heavy (non-hydrogen) atoms. The predicted molar refractivity (Wildman–Crippen MR) is 91.6 cm³/mol. The van der Waals surface area contributed by atoms with Crippen LogP contribution in [0.1, 0.15) is 40.0 Å². The summed E-state index contributed by atoms with van der Waals surface area (Å²) in [6.45, 7) is 4.49. The van der Waals surface area contributed by atoms with Crippen LogP contribution in [0, 0.1) is 5.92 Å². The Morgan fingerprint density at radius 2 is 1.88 bits per heavy atom. The molecule has 1 aliphatic rings. The van der Waals surface area contributed by atoms with Crippen molar-refractivity contribution in [3.8, 4) is 0 Å². The molecule has 2 rings (SSSR count). The van der Waals surface area contributed by atoms with Crippen LogP contribution in [0.4, 0.5) is 0 Å². The fourth-order valence-electron chi connectivity index (χ4n) is 3.22. The van der Waals surface area contributed by atoms with Crippen LogP contribution in [0.15, 0.2) is 35.2 Å². The number of rotatable bonds is 7. The van der Waals surface area contributed by atoms with Crippen molar-refractivity contribution in [2.45, 2.75) is 56.8 Å². The molecule has 7 heteroatoms. The minimum Gasteiger partial charge on any atom is -0.436 e. The standard InChI is InChI=1S/C18H24O6S/c1-13(19)9-10-15-11-17(23-14(2)20)24-18(15,3)12-25(21,22)16-7-5-4-6-8-16/h4-8,15,17H,9-12H2,1-3H3/t15-,17?,18+/m1/s1.